The molecule has 1 unspecified atom stereocenters. The van der Waals surface area contributed by atoms with Gasteiger partial charge in [0.25, 0.3) is 0 Å². The predicted octanol–water partition coefficient (Wildman–Crippen LogP) is 0.0961. The van der Waals surface area contributed by atoms with Crippen LogP contribution in [-0.2, 0) is 22.6 Å². The first-order valence-electron chi connectivity index (χ1n) is 6.82. The van der Waals surface area contributed by atoms with Crippen LogP contribution in [0.25, 0.3) is 0 Å². The molecule has 0 aromatic carbocycles. The van der Waals surface area contributed by atoms with Crippen molar-refractivity contribution >= 4 is 17.7 Å². The maximum Gasteiger partial charge on any atom is 0.236 e. The molecule has 1 amide bonds. The van der Waals surface area contributed by atoms with E-state index in [1.54, 1.807) is 0 Å². The number of thioether (sulfide) groups is 1. The smallest absolute Gasteiger partial charge is 0.236 e. The predicted molar refractivity (Wildman–Crippen MR) is 76.3 cm³/mol. The molecule has 8 heteroatoms. The first-order valence-corrected chi connectivity index (χ1v) is 7.70. The monoisotopic (exact) mass is 299 g/mol. The van der Waals surface area contributed by atoms with E-state index < -0.39 is 0 Å². The number of carbonyl (C=O) groups is 1. The van der Waals surface area contributed by atoms with E-state index in [0.717, 1.165) is 17.5 Å². The molecule has 2 rings (SSSR count). The van der Waals surface area contributed by atoms with Gasteiger partial charge in [-0.15, -0.1) is 10.2 Å². The van der Waals surface area contributed by atoms with Crippen LogP contribution in [0.15, 0.2) is 5.16 Å². The van der Waals surface area contributed by atoms with Crippen LogP contribution in [0.2, 0.25) is 0 Å². The lowest BCUT2D eigenvalue weighted by molar-refractivity contribution is -0.134. The third-order valence-corrected chi connectivity index (χ3v) is 4.31. The van der Waals surface area contributed by atoms with Crippen LogP contribution in [0, 0.1) is 0 Å². The van der Waals surface area contributed by atoms with Crippen molar-refractivity contribution in [2.75, 3.05) is 26.3 Å². The zero-order valence-electron chi connectivity index (χ0n) is 11.9. The summed E-state index contributed by atoms with van der Waals surface area (Å²) in [5.41, 5.74) is 5.63. The summed E-state index contributed by atoms with van der Waals surface area (Å²) in [6.45, 7) is 7.58. The number of hydrogen-bond acceptors (Lipinski definition) is 6. The highest BCUT2D eigenvalue weighted by Gasteiger charge is 2.25. The van der Waals surface area contributed by atoms with E-state index in [1.807, 2.05) is 23.3 Å². The second kappa shape index (κ2) is 7.05. The van der Waals surface area contributed by atoms with Crippen molar-refractivity contribution in [1.29, 1.82) is 0 Å². The molecule has 0 radical (unpaired) electrons. The zero-order chi connectivity index (χ0) is 14.5. The third kappa shape index (κ3) is 3.31. The molecule has 2 heterocycles. The van der Waals surface area contributed by atoms with Gasteiger partial charge in [-0.2, -0.15) is 0 Å². The number of aromatic nitrogens is 3. The number of morpholine rings is 1. The number of nitrogens with two attached hydrogens (primary N) is 1. The lowest BCUT2D eigenvalue weighted by atomic mass is 10.3. The van der Waals surface area contributed by atoms with Crippen molar-refractivity contribution in [2.45, 2.75) is 37.3 Å². The summed E-state index contributed by atoms with van der Waals surface area (Å²) in [6, 6.07) is 0. The summed E-state index contributed by atoms with van der Waals surface area (Å²) in [7, 11) is 0. The third-order valence-electron chi connectivity index (χ3n) is 3.24. The number of hydrogen-bond donors (Lipinski definition) is 1. The van der Waals surface area contributed by atoms with E-state index in [0.29, 0.717) is 32.8 Å². The Balaban J connectivity index is 2.01. The molecule has 0 saturated carbocycles. The van der Waals surface area contributed by atoms with E-state index in [2.05, 4.69) is 10.2 Å². The molecule has 1 fully saturated rings. The first kappa shape index (κ1) is 15.3. The zero-order valence-corrected chi connectivity index (χ0v) is 12.7. The minimum absolute atomic E-state index is 0.123. The maximum atomic E-state index is 12.3. The summed E-state index contributed by atoms with van der Waals surface area (Å²) >= 11 is 1.43. The Morgan fingerprint density at radius 1 is 1.45 bits per heavy atom. The standard InChI is InChI=1S/C12H21N5O2S/c1-3-17-10(8-13)14-15-12(17)20-9(2)11(18)16-4-6-19-7-5-16/h9H,3-8,13H2,1-2H3. The Morgan fingerprint density at radius 3 is 2.75 bits per heavy atom. The van der Waals surface area contributed by atoms with Gasteiger partial charge >= 0.3 is 0 Å². The molecule has 112 valence electrons. The molecule has 20 heavy (non-hydrogen) atoms. The SMILES string of the molecule is CCn1c(CN)nnc1SC(C)C(=O)N1CCOCC1. The van der Waals surface area contributed by atoms with Gasteiger partial charge in [0.15, 0.2) is 5.16 Å². The Hall–Kier alpha value is -1.12. The molecule has 1 aromatic heterocycles. The average Bonchev–Trinajstić information content (AvgIpc) is 2.89. The highest BCUT2D eigenvalue weighted by Crippen LogP contribution is 2.24. The van der Waals surface area contributed by atoms with Gasteiger partial charge in [0, 0.05) is 19.6 Å². The van der Waals surface area contributed by atoms with Gasteiger partial charge in [-0.1, -0.05) is 11.8 Å². The molecule has 1 aliphatic rings. The molecule has 1 saturated heterocycles. The van der Waals surface area contributed by atoms with Crippen molar-refractivity contribution in [1.82, 2.24) is 19.7 Å². The van der Waals surface area contributed by atoms with Crippen LogP contribution >= 0.6 is 11.8 Å². The highest BCUT2D eigenvalue weighted by molar-refractivity contribution is 8.00. The van der Waals surface area contributed by atoms with E-state index in [4.69, 9.17) is 10.5 Å². The van der Waals surface area contributed by atoms with Gasteiger partial charge < -0.3 is 19.9 Å². The molecule has 1 aliphatic heterocycles. The van der Waals surface area contributed by atoms with Crippen LogP contribution in [0.4, 0.5) is 0 Å². The summed E-state index contributed by atoms with van der Waals surface area (Å²) in [4.78, 5) is 14.2. The molecule has 1 aromatic rings. The Morgan fingerprint density at radius 2 is 2.15 bits per heavy atom. The van der Waals surface area contributed by atoms with E-state index in [-0.39, 0.29) is 11.2 Å². The fourth-order valence-corrected chi connectivity index (χ4v) is 3.14. The van der Waals surface area contributed by atoms with Gasteiger partial charge in [-0.3, -0.25) is 4.79 Å². The van der Waals surface area contributed by atoms with Gasteiger partial charge in [0.1, 0.15) is 5.82 Å². The number of nitrogens with zero attached hydrogens (tertiary/aromatic N) is 4. The molecular weight excluding hydrogens is 278 g/mol. The van der Waals surface area contributed by atoms with E-state index in [1.165, 1.54) is 11.8 Å². The summed E-state index contributed by atoms with van der Waals surface area (Å²) in [5, 5.41) is 8.74. The van der Waals surface area contributed by atoms with Crippen molar-refractivity contribution in [2.24, 2.45) is 5.73 Å². The Labute approximate surface area is 122 Å². The fraction of sp³-hybridized carbons (Fsp3) is 0.750. The Bertz CT molecular complexity index is 459. The van der Waals surface area contributed by atoms with Crippen molar-refractivity contribution in [3.8, 4) is 0 Å². The van der Waals surface area contributed by atoms with Gasteiger partial charge in [0.05, 0.1) is 25.0 Å². The highest BCUT2D eigenvalue weighted by atomic mass is 32.2. The quantitative estimate of drug-likeness (QED) is 0.776. The molecule has 1 atom stereocenters. The second-order valence-electron chi connectivity index (χ2n) is 4.54. The van der Waals surface area contributed by atoms with E-state index in [9.17, 15) is 4.79 Å². The fourth-order valence-electron chi connectivity index (χ4n) is 2.12. The molecule has 0 bridgehead atoms. The topological polar surface area (TPSA) is 86.3 Å². The number of rotatable bonds is 5. The van der Waals surface area contributed by atoms with Crippen LogP contribution in [0.5, 0.6) is 0 Å². The Kier molecular flexibility index (Phi) is 5.38. The molecule has 2 N–H and O–H groups in total. The summed E-state index contributed by atoms with van der Waals surface area (Å²) in [5.74, 6) is 0.874. The second-order valence-corrected chi connectivity index (χ2v) is 5.85. The van der Waals surface area contributed by atoms with Crippen LogP contribution < -0.4 is 5.73 Å². The average molecular weight is 299 g/mol. The minimum atomic E-state index is -0.187. The first-order chi connectivity index (χ1) is 9.67. The minimum Gasteiger partial charge on any atom is -0.378 e. The van der Waals surface area contributed by atoms with Crippen LogP contribution in [-0.4, -0.2) is 57.1 Å². The number of carbonyl (C=O) groups excluding carboxylic acids is 1. The van der Waals surface area contributed by atoms with Crippen LogP contribution in [0.1, 0.15) is 19.7 Å². The number of ether oxygens (including phenoxy) is 1. The molecular formula is C12H21N5O2S. The van der Waals surface area contributed by atoms with Gasteiger partial charge in [-0.05, 0) is 13.8 Å². The maximum absolute atomic E-state index is 12.3. The summed E-state index contributed by atoms with van der Waals surface area (Å²) < 4.78 is 7.21. The lowest BCUT2D eigenvalue weighted by Gasteiger charge is -2.28. The largest absolute Gasteiger partial charge is 0.378 e. The van der Waals surface area contributed by atoms with Crippen molar-refractivity contribution in [3.05, 3.63) is 5.82 Å². The normalized spacial score (nSPS) is 17.2. The molecule has 0 aliphatic carbocycles. The van der Waals surface area contributed by atoms with Crippen molar-refractivity contribution < 1.29 is 9.53 Å². The lowest BCUT2D eigenvalue weighted by Crippen LogP contribution is -2.44. The molecule has 7 nitrogen and oxygen atoms in total. The van der Waals surface area contributed by atoms with E-state index >= 15 is 0 Å². The molecule has 0 spiro atoms. The van der Waals surface area contributed by atoms with Crippen molar-refractivity contribution in [3.63, 3.8) is 0 Å². The van der Waals surface area contributed by atoms with Gasteiger partial charge in [0.2, 0.25) is 5.91 Å². The van der Waals surface area contributed by atoms with Crippen LogP contribution in [0.3, 0.4) is 0 Å². The summed E-state index contributed by atoms with van der Waals surface area (Å²) in [6.07, 6.45) is 0. The van der Waals surface area contributed by atoms with Gasteiger partial charge in [-0.25, -0.2) is 0 Å². The number of amides is 1.